The molecule has 0 saturated carbocycles. The number of benzene rings is 4. The van der Waals surface area contributed by atoms with E-state index in [-0.39, 0.29) is 5.91 Å². The summed E-state index contributed by atoms with van der Waals surface area (Å²) in [7, 11) is 0. The van der Waals surface area contributed by atoms with Crippen molar-refractivity contribution in [1.29, 1.82) is 0 Å². The average Bonchev–Trinajstić information content (AvgIpc) is 2.93. The van der Waals surface area contributed by atoms with Crippen molar-refractivity contribution in [1.82, 2.24) is 10.4 Å². The number of nitrogens with one attached hydrogen (secondary N) is 1. The summed E-state index contributed by atoms with van der Waals surface area (Å²) in [6, 6.07) is 32.5. The Morgan fingerprint density at radius 1 is 0.946 bits per heavy atom. The number of carbonyl (C=O) groups is 1. The van der Waals surface area contributed by atoms with E-state index in [1.807, 2.05) is 91.0 Å². The van der Waals surface area contributed by atoms with Gasteiger partial charge in [0.1, 0.15) is 6.61 Å². The van der Waals surface area contributed by atoms with Crippen LogP contribution in [0, 0.1) is 0 Å². The first kappa shape index (κ1) is 24.7. The molecule has 1 amide bonds. The van der Waals surface area contributed by atoms with Gasteiger partial charge in [-0.15, -0.1) is 0 Å². The van der Waals surface area contributed by atoms with Crippen LogP contribution in [0.25, 0.3) is 22.2 Å². The lowest BCUT2D eigenvalue weighted by molar-refractivity contribution is 0.0956. The Morgan fingerprint density at radius 2 is 1.65 bits per heavy atom. The first-order chi connectivity index (χ1) is 18.1. The van der Waals surface area contributed by atoms with Gasteiger partial charge in [-0.3, -0.25) is 4.79 Å². The summed E-state index contributed by atoms with van der Waals surface area (Å²) in [6.07, 6.45) is 1.54. The zero-order valence-corrected chi connectivity index (χ0v) is 21.9. The van der Waals surface area contributed by atoms with Crippen LogP contribution in [0.5, 0.6) is 5.75 Å². The van der Waals surface area contributed by atoms with Crippen LogP contribution < -0.4 is 10.2 Å². The Labute approximate surface area is 227 Å². The van der Waals surface area contributed by atoms with Gasteiger partial charge in [0, 0.05) is 10.9 Å². The Hall–Kier alpha value is -4.00. The third kappa shape index (κ3) is 5.88. The van der Waals surface area contributed by atoms with E-state index in [1.165, 1.54) is 6.21 Å². The molecule has 0 bridgehead atoms. The minimum atomic E-state index is -0.333. The second-order valence-electron chi connectivity index (χ2n) is 8.23. The van der Waals surface area contributed by atoms with Gasteiger partial charge < -0.3 is 4.74 Å². The SMILES string of the molecule is O=C(N/N=C/c1cc(Cl)c(OCc2ccccc2)c(Br)c1)c1cc(-c2ccccc2)nc2ccccc12. The van der Waals surface area contributed by atoms with Gasteiger partial charge in [0.25, 0.3) is 5.91 Å². The van der Waals surface area contributed by atoms with E-state index in [2.05, 4.69) is 26.5 Å². The third-order valence-electron chi connectivity index (χ3n) is 5.66. The van der Waals surface area contributed by atoms with Crippen LogP contribution in [0.3, 0.4) is 0 Å². The molecule has 0 atom stereocenters. The van der Waals surface area contributed by atoms with Crippen molar-refractivity contribution in [3.63, 3.8) is 0 Å². The summed E-state index contributed by atoms with van der Waals surface area (Å²) in [5.74, 6) is 0.211. The van der Waals surface area contributed by atoms with E-state index in [4.69, 9.17) is 21.3 Å². The maximum Gasteiger partial charge on any atom is 0.272 e. The van der Waals surface area contributed by atoms with Gasteiger partial charge in [0.2, 0.25) is 0 Å². The smallest absolute Gasteiger partial charge is 0.272 e. The van der Waals surface area contributed by atoms with E-state index in [1.54, 1.807) is 12.1 Å². The maximum atomic E-state index is 13.1. The van der Waals surface area contributed by atoms with E-state index in [9.17, 15) is 4.79 Å². The predicted molar refractivity (Wildman–Crippen MR) is 152 cm³/mol. The molecule has 0 spiro atoms. The number of aromatic nitrogens is 1. The Balaban J connectivity index is 1.34. The van der Waals surface area contributed by atoms with Crippen molar-refractivity contribution in [3.8, 4) is 17.0 Å². The van der Waals surface area contributed by atoms with Gasteiger partial charge >= 0.3 is 0 Å². The Morgan fingerprint density at radius 3 is 2.41 bits per heavy atom. The first-order valence-electron chi connectivity index (χ1n) is 11.5. The van der Waals surface area contributed by atoms with Crippen LogP contribution in [0.1, 0.15) is 21.5 Å². The number of fused-ring (bicyclic) bond motifs is 1. The fourth-order valence-electron chi connectivity index (χ4n) is 3.87. The molecule has 0 radical (unpaired) electrons. The van der Waals surface area contributed by atoms with Gasteiger partial charge in [0.15, 0.2) is 5.75 Å². The molecule has 7 heteroatoms. The third-order valence-corrected chi connectivity index (χ3v) is 6.53. The number of pyridine rings is 1. The van der Waals surface area contributed by atoms with Crippen molar-refractivity contribution >= 4 is 50.6 Å². The minimum absolute atomic E-state index is 0.333. The normalized spacial score (nSPS) is 11.1. The molecule has 0 aliphatic heterocycles. The van der Waals surface area contributed by atoms with E-state index < -0.39 is 0 Å². The highest BCUT2D eigenvalue weighted by Crippen LogP contribution is 2.34. The molecular formula is C30H21BrClN3O2. The average molecular weight is 571 g/mol. The highest BCUT2D eigenvalue weighted by Gasteiger charge is 2.14. The molecule has 4 aromatic carbocycles. The van der Waals surface area contributed by atoms with Gasteiger partial charge in [-0.05, 0) is 51.3 Å². The first-order valence-corrected chi connectivity index (χ1v) is 12.7. The largest absolute Gasteiger partial charge is 0.486 e. The number of para-hydroxylation sites is 1. The van der Waals surface area contributed by atoms with Crippen LogP contribution in [-0.4, -0.2) is 17.1 Å². The van der Waals surface area contributed by atoms with Crippen LogP contribution in [0.2, 0.25) is 5.02 Å². The molecule has 5 aromatic rings. The summed E-state index contributed by atoms with van der Waals surface area (Å²) in [4.78, 5) is 17.9. The quantitative estimate of drug-likeness (QED) is 0.161. The highest BCUT2D eigenvalue weighted by molar-refractivity contribution is 9.10. The molecule has 5 nitrogen and oxygen atoms in total. The van der Waals surface area contributed by atoms with Crippen LogP contribution in [0.15, 0.2) is 113 Å². The van der Waals surface area contributed by atoms with Crippen molar-refractivity contribution in [2.24, 2.45) is 5.10 Å². The van der Waals surface area contributed by atoms with Gasteiger partial charge in [-0.2, -0.15) is 5.10 Å². The molecule has 0 aliphatic rings. The number of ether oxygens (including phenoxy) is 1. The fourth-order valence-corrected chi connectivity index (χ4v) is 4.86. The lowest BCUT2D eigenvalue weighted by Gasteiger charge is -2.11. The van der Waals surface area contributed by atoms with Gasteiger partial charge in [-0.25, -0.2) is 10.4 Å². The molecule has 1 N–H and O–H groups in total. The summed E-state index contributed by atoms with van der Waals surface area (Å²) in [6.45, 7) is 0.396. The Bertz CT molecular complexity index is 1570. The molecule has 182 valence electrons. The minimum Gasteiger partial charge on any atom is -0.486 e. The zero-order chi connectivity index (χ0) is 25.6. The molecule has 1 aromatic heterocycles. The molecule has 0 unspecified atom stereocenters. The number of amides is 1. The van der Waals surface area contributed by atoms with Crippen LogP contribution in [0.4, 0.5) is 0 Å². The molecule has 1 heterocycles. The molecular weight excluding hydrogens is 550 g/mol. The molecule has 0 aliphatic carbocycles. The van der Waals surface area contributed by atoms with Gasteiger partial charge in [0.05, 0.1) is 32.5 Å². The number of rotatable bonds is 7. The van der Waals surface area contributed by atoms with Gasteiger partial charge in [-0.1, -0.05) is 90.5 Å². The summed E-state index contributed by atoms with van der Waals surface area (Å²) < 4.78 is 6.59. The topological polar surface area (TPSA) is 63.6 Å². The van der Waals surface area contributed by atoms with Crippen molar-refractivity contribution in [2.75, 3.05) is 0 Å². The second-order valence-corrected chi connectivity index (χ2v) is 9.49. The zero-order valence-electron chi connectivity index (χ0n) is 19.6. The molecule has 5 rings (SSSR count). The van der Waals surface area contributed by atoms with Crippen LogP contribution >= 0.6 is 27.5 Å². The highest BCUT2D eigenvalue weighted by atomic mass is 79.9. The fraction of sp³-hybridized carbons (Fsp3) is 0.0333. The number of halogens is 2. The number of carbonyl (C=O) groups excluding carboxylic acids is 1. The summed E-state index contributed by atoms with van der Waals surface area (Å²) >= 11 is 9.99. The van der Waals surface area contributed by atoms with E-state index in [0.717, 1.165) is 27.7 Å². The van der Waals surface area contributed by atoms with Crippen LogP contribution in [-0.2, 0) is 6.61 Å². The summed E-state index contributed by atoms with van der Waals surface area (Å²) in [5, 5.41) is 5.35. The number of hydrogen-bond acceptors (Lipinski definition) is 4. The van der Waals surface area contributed by atoms with Crippen molar-refractivity contribution < 1.29 is 9.53 Å². The van der Waals surface area contributed by atoms with Crippen molar-refractivity contribution in [2.45, 2.75) is 6.61 Å². The molecule has 37 heavy (non-hydrogen) atoms. The van der Waals surface area contributed by atoms with E-state index >= 15 is 0 Å². The maximum absolute atomic E-state index is 13.1. The number of nitrogens with zero attached hydrogens (tertiary/aromatic N) is 2. The molecule has 0 saturated heterocycles. The monoisotopic (exact) mass is 569 g/mol. The second kappa shape index (κ2) is 11.4. The standard InChI is InChI=1S/C30H21BrClN3O2/c31-25-15-21(16-26(32)29(25)37-19-20-9-3-1-4-10-20)18-33-35-30(36)24-17-28(22-11-5-2-6-12-22)34-27-14-8-7-13-23(24)27/h1-18H,19H2,(H,35,36)/b33-18+. The lowest BCUT2D eigenvalue weighted by atomic mass is 10.0. The Kier molecular flexibility index (Phi) is 7.59. The number of hydrazone groups is 1. The predicted octanol–water partition coefficient (Wildman–Crippen LogP) is 7.66. The van der Waals surface area contributed by atoms with Crippen molar-refractivity contribution in [3.05, 3.63) is 129 Å². The summed E-state index contributed by atoms with van der Waals surface area (Å²) in [5.41, 5.74) is 7.25. The van der Waals surface area contributed by atoms with E-state index in [0.29, 0.717) is 33.0 Å². The lowest BCUT2D eigenvalue weighted by Crippen LogP contribution is -2.18. The number of hydrogen-bond donors (Lipinski definition) is 1. The molecule has 0 fully saturated rings.